The molecular weight excluding hydrogens is 506 g/mol. The third kappa shape index (κ3) is 4.87. The number of aromatic carboxylic acids is 1. The number of amides is 1. The van der Waals surface area contributed by atoms with Crippen LogP contribution in [-0.4, -0.2) is 27.0 Å². The standard InChI is InChI=1S/C16H11Br2N3O5S/c1-7-9(3-2-4-12(7)21(25)26)14(22)20-16(27)19-13-10(15(23)24)5-8(17)6-11(13)18/h2-6H,1H3,(H,23,24)(H2,19,20,22,27). The fourth-order valence-corrected chi connectivity index (χ4v) is 3.77. The second-order valence-electron chi connectivity index (χ2n) is 5.23. The summed E-state index contributed by atoms with van der Waals surface area (Å²) in [7, 11) is 0. The lowest BCUT2D eigenvalue weighted by Gasteiger charge is -2.14. The number of thiocarbonyl (C=S) groups is 1. The van der Waals surface area contributed by atoms with Crippen LogP contribution in [0.2, 0.25) is 0 Å². The Bertz CT molecular complexity index is 981. The molecule has 0 saturated carbocycles. The molecule has 8 nitrogen and oxygen atoms in total. The van der Waals surface area contributed by atoms with E-state index in [0.717, 1.165) is 0 Å². The largest absolute Gasteiger partial charge is 0.478 e. The zero-order chi connectivity index (χ0) is 20.3. The molecule has 0 aliphatic carbocycles. The van der Waals surface area contributed by atoms with Crippen molar-refractivity contribution >= 4 is 72.4 Å². The Labute approximate surface area is 175 Å². The Hall–Kier alpha value is -2.37. The van der Waals surface area contributed by atoms with Gasteiger partial charge in [-0.25, -0.2) is 4.79 Å². The number of nitrogens with one attached hydrogen (secondary N) is 2. The van der Waals surface area contributed by atoms with Crippen molar-refractivity contribution in [3.63, 3.8) is 0 Å². The highest BCUT2D eigenvalue weighted by Gasteiger charge is 2.20. The molecule has 2 aromatic carbocycles. The van der Waals surface area contributed by atoms with Gasteiger partial charge in [-0.3, -0.25) is 20.2 Å². The van der Waals surface area contributed by atoms with Crippen LogP contribution in [-0.2, 0) is 0 Å². The Morgan fingerprint density at radius 3 is 2.48 bits per heavy atom. The summed E-state index contributed by atoms with van der Waals surface area (Å²) < 4.78 is 0.955. The first-order valence-electron chi connectivity index (χ1n) is 7.20. The predicted octanol–water partition coefficient (Wildman–Crippen LogP) is 4.25. The van der Waals surface area contributed by atoms with Gasteiger partial charge in [-0.15, -0.1) is 0 Å². The molecule has 2 aromatic rings. The van der Waals surface area contributed by atoms with E-state index in [-0.39, 0.29) is 33.2 Å². The third-order valence-electron chi connectivity index (χ3n) is 3.50. The number of nitro benzene ring substituents is 1. The molecular formula is C16H11Br2N3O5S. The minimum atomic E-state index is -1.19. The van der Waals surface area contributed by atoms with Gasteiger partial charge in [0, 0.05) is 26.1 Å². The molecule has 3 N–H and O–H groups in total. The van der Waals surface area contributed by atoms with Crippen LogP contribution >= 0.6 is 44.1 Å². The zero-order valence-corrected chi connectivity index (χ0v) is 17.6. The average Bonchev–Trinajstić information content (AvgIpc) is 2.56. The van der Waals surface area contributed by atoms with Crippen molar-refractivity contribution in [1.82, 2.24) is 5.32 Å². The van der Waals surface area contributed by atoms with Crippen molar-refractivity contribution in [2.24, 2.45) is 0 Å². The number of benzene rings is 2. The number of nitrogens with zero attached hydrogens (tertiary/aromatic N) is 1. The maximum atomic E-state index is 12.4. The van der Waals surface area contributed by atoms with E-state index in [1.807, 2.05) is 0 Å². The molecule has 0 radical (unpaired) electrons. The number of rotatable bonds is 4. The lowest BCUT2D eigenvalue weighted by molar-refractivity contribution is -0.385. The van der Waals surface area contributed by atoms with E-state index in [4.69, 9.17) is 12.2 Å². The van der Waals surface area contributed by atoms with E-state index in [1.165, 1.54) is 31.2 Å². The first-order chi connectivity index (χ1) is 12.6. The van der Waals surface area contributed by atoms with Gasteiger partial charge in [0.1, 0.15) is 0 Å². The normalized spacial score (nSPS) is 10.2. The van der Waals surface area contributed by atoms with Crippen molar-refractivity contribution in [2.45, 2.75) is 6.92 Å². The van der Waals surface area contributed by atoms with Crippen LogP contribution in [0.1, 0.15) is 26.3 Å². The minimum Gasteiger partial charge on any atom is -0.478 e. The van der Waals surface area contributed by atoms with Crippen molar-refractivity contribution in [1.29, 1.82) is 0 Å². The van der Waals surface area contributed by atoms with E-state index in [2.05, 4.69) is 42.5 Å². The summed E-state index contributed by atoms with van der Waals surface area (Å²) in [4.78, 5) is 34.2. The second-order valence-corrected chi connectivity index (χ2v) is 7.41. The first-order valence-corrected chi connectivity index (χ1v) is 9.20. The number of carbonyl (C=O) groups is 2. The zero-order valence-electron chi connectivity index (χ0n) is 13.6. The molecule has 0 aliphatic heterocycles. The van der Waals surface area contributed by atoms with Gasteiger partial charge in [0.25, 0.3) is 11.6 Å². The van der Waals surface area contributed by atoms with Crippen molar-refractivity contribution in [3.8, 4) is 0 Å². The number of hydrogen-bond acceptors (Lipinski definition) is 5. The third-order valence-corrected chi connectivity index (χ3v) is 4.78. The molecule has 0 fully saturated rings. The molecule has 0 spiro atoms. The average molecular weight is 517 g/mol. The van der Waals surface area contributed by atoms with E-state index < -0.39 is 16.8 Å². The summed E-state index contributed by atoms with van der Waals surface area (Å²) in [5.41, 5.74) is 0.178. The monoisotopic (exact) mass is 515 g/mol. The Balaban J connectivity index is 2.25. The van der Waals surface area contributed by atoms with Gasteiger partial charge in [0.2, 0.25) is 0 Å². The lowest BCUT2D eigenvalue weighted by atomic mass is 10.1. The molecule has 2 rings (SSSR count). The smallest absolute Gasteiger partial charge is 0.337 e. The Morgan fingerprint density at radius 2 is 1.89 bits per heavy atom. The van der Waals surface area contributed by atoms with Gasteiger partial charge in [-0.1, -0.05) is 22.0 Å². The van der Waals surface area contributed by atoms with Gasteiger partial charge >= 0.3 is 5.97 Å². The quantitative estimate of drug-likeness (QED) is 0.315. The molecule has 0 atom stereocenters. The van der Waals surface area contributed by atoms with Crippen LogP contribution in [0, 0.1) is 17.0 Å². The highest BCUT2D eigenvalue weighted by atomic mass is 79.9. The fourth-order valence-electron chi connectivity index (χ4n) is 2.25. The number of halogens is 2. The maximum Gasteiger partial charge on any atom is 0.337 e. The molecule has 140 valence electrons. The van der Waals surface area contributed by atoms with Crippen LogP contribution in [0.15, 0.2) is 39.3 Å². The lowest BCUT2D eigenvalue weighted by Crippen LogP contribution is -2.35. The summed E-state index contributed by atoms with van der Waals surface area (Å²) in [6.07, 6.45) is 0. The first kappa shape index (κ1) is 20.9. The van der Waals surface area contributed by atoms with Crippen molar-refractivity contribution < 1.29 is 19.6 Å². The fraction of sp³-hybridized carbons (Fsp3) is 0.0625. The molecule has 0 saturated heterocycles. The molecule has 27 heavy (non-hydrogen) atoms. The number of carboxylic acids is 1. The SMILES string of the molecule is Cc1c(C(=O)NC(=S)Nc2c(Br)cc(Br)cc2C(=O)O)cccc1[N+](=O)[O-]. The van der Waals surface area contributed by atoms with E-state index in [9.17, 15) is 24.8 Å². The Kier molecular flexibility index (Phi) is 6.63. The molecule has 0 aliphatic rings. The number of carbonyl (C=O) groups excluding carboxylic acids is 1. The highest BCUT2D eigenvalue weighted by Crippen LogP contribution is 2.31. The predicted molar refractivity (Wildman–Crippen MR) is 110 cm³/mol. The van der Waals surface area contributed by atoms with Gasteiger partial charge in [0.15, 0.2) is 5.11 Å². The van der Waals surface area contributed by atoms with E-state index >= 15 is 0 Å². The van der Waals surface area contributed by atoms with Gasteiger partial charge in [-0.05, 0) is 53.3 Å². The van der Waals surface area contributed by atoms with Crippen LogP contribution < -0.4 is 10.6 Å². The van der Waals surface area contributed by atoms with Crippen molar-refractivity contribution in [2.75, 3.05) is 5.32 Å². The van der Waals surface area contributed by atoms with Crippen LogP contribution in [0.3, 0.4) is 0 Å². The number of nitro groups is 1. The summed E-state index contributed by atoms with van der Waals surface area (Å²) in [6, 6.07) is 7.11. The molecule has 0 aromatic heterocycles. The number of carboxylic acid groups (broad SMARTS) is 1. The van der Waals surface area contributed by atoms with Crippen LogP contribution in [0.4, 0.5) is 11.4 Å². The highest BCUT2D eigenvalue weighted by molar-refractivity contribution is 9.11. The van der Waals surface area contributed by atoms with Crippen LogP contribution in [0.25, 0.3) is 0 Å². The van der Waals surface area contributed by atoms with Gasteiger partial charge in [-0.2, -0.15) is 0 Å². The number of hydrogen-bond donors (Lipinski definition) is 3. The summed E-state index contributed by atoms with van der Waals surface area (Å²) in [5.74, 6) is -1.85. The van der Waals surface area contributed by atoms with Gasteiger partial charge < -0.3 is 10.4 Å². The minimum absolute atomic E-state index is 0.0700. The molecule has 11 heteroatoms. The topological polar surface area (TPSA) is 122 Å². The van der Waals surface area contributed by atoms with Crippen LogP contribution in [0.5, 0.6) is 0 Å². The molecule has 1 amide bonds. The summed E-state index contributed by atoms with van der Waals surface area (Å²) >= 11 is 11.5. The van der Waals surface area contributed by atoms with E-state index in [1.54, 1.807) is 6.07 Å². The summed E-state index contributed by atoms with van der Waals surface area (Å²) in [6.45, 7) is 1.46. The van der Waals surface area contributed by atoms with Crippen molar-refractivity contribution in [3.05, 3.63) is 66.1 Å². The van der Waals surface area contributed by atoms with Gasteiger partial charge in [0.05, 0.1) is 16.2 Å². The summed E-state index contributed by atoms with van der Waals surface area (Å²) in [5, 5.41) is 25.2. The molecule has 0 heterocycles. The molecule has 0 bridgehead atoms. The number of anilines is 1. The Morgan fingerprint density at radius 1 is 1.22 bits per heavy atom. The van der Waals surface area contributed by atoms with E-state index in [0.29, 0.717) is 8.95 Å². The maximum absolute atomic E-state index is 12.4. The molecule has 0 unspecified atom stereocenters. The second kappa shape index (κ2) is 8.55.